The predicted molar refractivity (Wildman–Crippen MR) is 87.1 cm³/mol. The summed E-state index contributed by atoms with van der Waals surface area (Å²) in [7, 11) is 0. The van der Waals surface area contributed by atoms with E-state index in [1.165, 1.54) is 0 Å². The number of carbonyl (C=O) groups is 2. The number of rotatable bonds is 4. The number of piperazine rings is 1. The first-order valence-corrected chi connectivity index (χ1v) is 8.12. The first kappa shape index (κ1) is 16.0. The molecule has 0 saturated carbocycles. The second-order valence-electron chi connectivity index (χ2n) is 6.36. The van der Waals surface area contributed by atoms with E-state index in [1.807, 2.05) is 29.2 Å². The number of hydrogen-bond donors (Lipinski definition) is 2. The van der Waals surface area contributed by atoms with Gasteiger partial charge in [-0.15, -0.1) is 0 Å². The molecular weight excluding hydrogens is 294 g/mol. The van der Waals surface area contributed by atoms with Gasteiger partial charge in [-0.1, -0.05) is 18.2 Å². The molecule has 6 nitrogen and oxygen atoms in total. The Morgan fingerprint density at radius 3 is 2.70 bits per heavy atom. The lowest BCUT2D eigenvalue weighted by molar-refractivity contribution is -0.135. The molecule has 3 rings (SSSR count). The third-order valence-electron chi connectivity index (χ3n) is 4.54. The Balaban J connectivity index is 1.57. The van der Waals surface area contributed by atoms with Gasteiger partial charge < -0.3 is 15.3 Å². The number of benzene rings is 1. The van der Waals surface area contributed by atoms with Crippen LogP contribution in [0.1, 0.15) is 24.8 Å². The SMILES string of the molecule is C[C@@H](O)CN1CCN(C(=O)C[C@H]2C(=O)Nc3ccccc32)CC1. The number of nitrogens with one attached hydrogen (secondary N) is 1. The van der Waals surface area contributed by atoms with Crippen LogP contribution in [-0.2, 0) is 9.59 Å². The standard InChI is InChI=1S/C17H23N3O3/c1-12(21)11-19-6-8-20(9-7-19)16(22)10-14-13-4-2-3-5-15(13)18-17(14)23/h2-5,12,14,21H,6-11H2,1H3,(H,18,23)/t12-,14-/m1/s1. The number of aliphatic hydroxyl groups excluding tert-OH is 1. The highest BCUT2D eigenvalue weighted by atomic mass is 16.3. The van der Waals surface area contributed by atoms with E-state index >= 15 is 0 Å². The van der Waals surface area contributed by atoms with Crippen molar-refractivity contribution in [3.63, 3.8) is 0 Å². The lowest BCUT2D eigenvalue weighted by Gasteiger charge is -2.35. The second kappa shape index (κ2) is 6.68. The third kappa shape index (κ3) is 3.54. The van der Waals surface area contributed by atoms with E-state index in [-0.39, 0.29) is 30.3 Å². The van der Waals surface area contributed by atoms with Gasteiger partial charge >= 0.3 is 0 Å². The molecule has 2 aliphatic heterocycles. The summed E-state index contributed by atoms with van der Waals surface area (Å²) in [6, 6.07) is 7.55. The first-order chi connectivity index (χ1) is 11.0. The van der Waals surface area contributed by atoms with E-state index in [2.05, 4.69) is 10.2 Å². The monoisotopic (exact) mass is 317 g/mol. The Morgan fingerprint density at radius 2 is 2.00 bits per heavy atom. The number of aliphatic hydroxyl groups is 1. The molecule has 0 radical (unpaired) electrons. The summed E-state index contributed by atoms with van der Waals surface area (Å²) in [5.41, 5.74) is 1.73. The van der Waals surface area contributed by atoms with Crippen LogP contribution in [0.15, 0.2) is 24.3 Å². The van der Waals surface area contributed by atoms with E-state index in [4.69, 9.17) is 0 Å². The zero-order chi connectivity index (χ0) is 16.4. The van der Waals surface area contributed by atoms with Crippen molar-refractivity contribution in [3.8, 4) is 0 Å². The van der Waals surface area contributed by atoms with Crippen molar-refractivity contribution >= 4 is 17.5 Å². The smallest absolute Gasteiger partial charge is 0.232 e. The molecule has 0 spiro atoms. The second-order valence-corrected chi connectivity index (χ2v) is 6.36. The van der Waals surface area contributed by atoms with Gasteiger partial charge in [-0.05, 0) is 18.6 Å². The lowest BCUT2D eigenvalue weighted by Crippen LogP contribution is -2.50. The third-order valence-corrected chi connectivity index (χ3v) is 4.54. The highest BCUT2D eigenvalue weighted by Gasteiger charge is 2.33. The normalized spacial score (nSPS) is 22.6. The summed E-state index contributed by atoms with van der Waals surface area (Å²) in [4.78, 5) is 28.6. The highest BCUT2D eigenvalue weighted by molar-refractivity contribution is 6.04. The number of hydrogen-bond acceptors (Lipinski definition) is 4. The van der Waals surface area contributed by atoms with Crippen LogP contribution < -0.4 is 5.32 Å². The van der Waals surface area contributed by atoms with Crippen molar-refractivity contribution in [1.29, 1.82) is 0 Å². The van der Waals surface area contributed by atoms with E-state index in [9.17, 15) is 14.7 Å². The molecule has 2 N–H and O–H groups in total. The highest BCUT2D eigenvalue weighted by Crippen LogP contribution is 2.34. The number of fused-ring (bicyclic) bond motifs is 1. The minimum Gasteiger partial charge on any atom is -0.392 e. The quantitative estimate of drug-likeness (QED) is 0.855. The Morgan fingerprint density at radius 1 is 1.30 bits per heavy atom. The number of carbonyl (C=O) groups excluding carboxylic acids is 2. The Labute approximate surface area is 136 Å². The maximum absolute atomic E-state index is 12.5. The summed E-state index contributed by atoms with van der Waals surface area (Å²) < 4.78 is 0. The maximum atomic E-state index is 12.5. The van der Waals surface area contributed by atoms with E-state index < -0.39 is 0 Å². The number of amides is 2. The molecule has 23 heavy (non-hydrogen) atoms. The van der Waals surface area contributed by atoms with Crippen LogP contribution in [-0.4, -0.2) is 65.5 Å². The molecule has 0 aliphatic carbocycles. The van der Waals surface area contributed by atoms with Gasteiger partial charge in [0.25, 0.3) is 0 Å². The van der Waals surface area contributed by atoms with Crippen LogP contribution in [0.4, 0.5) is 5.69 Å². The van der Waals surface area contributed by atoms with Gasteiger partial charge in [0.05, 0.1) is 12.0 Å². The van der Waals surface area contributed by atoms with E-state index in [0.717, 1.165) is 24.3 Å². The molecule has 1 fully saturated rings. The van der Waals surface area contributed by atoms with Crippen molar-refractivity contribution in [2.45, 2.75) is 25.4 Å². The molecule has 2 amide bonds. The van der Waals surface area contributed by atoms with Crippen molar-refractivity contribution in [1.82, 2.24) is 9.80 Å². The number of β-amino-alcohol motifs (C(OH)–C–C–N with tert-alkyl or cyclic N) is 1. The fraction of sp³-hybridized carbons (Fsp3) is 0.529. The van der Waals surface area contributed by atoms with Gasteiger partial charge in [-0.3, -0.25) is 14.5 Å². The van der Waals surface area contributed by atoms with Crippen LogP contribution in [0, 0.1) is 0 Å². The van der Waals surface area contributed by atoms with Gasteiger partial charge in [-0.2, -0.15) is 0 Å². The van der Waals surface area contributed by atoms with Crippen LogP contribution in [0.25, 0.3) is 0 Å². The topological polar surface area (TPSA) is 72.9 Å². The summed E-state index contributed by atoms with van der Waals surface area (Å²) in [5.74, 6) is -0.444. The number of para-hydroxylation sites is 1. The molecule has 1 aromatic carbocycles. The average Bonchev–Trinajstić information content (AvgIpc) is 2.83. The van der Waals surface area contributed by atoms with E-state index in [0.29, 0.717) is 19.6 Å². The summed E-state index contributed by atoms with van der Waals surface area (Å²) in [5, 5.41) is 12.3. The van der Waals surface area contributed by atoms with Crippen molar-refractivity contribution < 1.29 is 14.7 Å². The largest absolute Gasteiger partial charge is 0.392 e. The molecule has 1 saturated heterocycles. The van der Waals surface area contributed by atoms with Gasteiger partial charge in [0.2, 0.25) is 11.8 Å². The summed E-state index contributed by atoms with van der Waals surface area (Å²) in [6.45, 7) is 5.26. The van der Waals surface area contributed by atoms with Gasteiger partial charge in [-0.25, -0.2) is 0 Å². The molecule has 0 aromatic heterocycles. The minimum atomic E-state index is -0.380. The van der Waals surface area contributed by atoms with E-state index in [1.54, 1.807) is 6.92 Å². The fourth-order valence-electron chi connectivity index (χ4n) is 3.34. The van der Waals surface area contributed by atoms with Crippen molar-refractivity contribution in [2.75, 3.05) is 38.0 Å². The van der Waals surface area contributed by atoms with Crippen molar-refractivity contribution in [2.24, 2.45) is 0 Å². The molecule has 0 bridgehead atoms. The van der Waals surface area contributed by atoms with Crippen molar-refractivity contribution in [3.05, 3.63) is 29.8 Å². The fourth-order valence-corrected chi connectivity index (χ4v) is 3.34. The van der Waals surface area contributed by atoms with Crippen LogP contribution >= 0.6 is 0 Å². The Bertz CT molecular complexity index is 595. The molecule has 2 aliphatic rings. The predicted octanol–water partition coefficient (Wildman–Crippen LogP) is 0.637. The molecular formula is C17H23N3O3. The Kier molecular flexibility index (Phi) is 4.63. The van der Waals surface area contributed by atoms with Crippen LogP contribution in [0.3, 0.4) is 0 Å². The van der Waals surface area contributed by atoms with Crippen LogP contribution in [0.2, 0.25) is 0 Å². The zero-order valence-corrected chi connectivity index (χ0v) is 13.4. The summed E-state index contributed by atoms with van der Waals surface area (Å²) in [6.07, 6.45) is -0.130. The molecule has 0 unspecified atom stereocenters. The van der Waals surface area contributed by atoms with Gasteiger partial charge in [0.15, 0.2) is 0 Å². The number of anilines is 1. The Hall–Kier alpha value is -1.92. The number of nitrogens with zero attached hydrogens (tertiary/aromatic N) is 2. The average molecular weight is 317 g/mol. The molecule has 6 heteroatoms. The lowest BCUT2D eigenvalue weighted by atomic mass is 9.96. The van der Waals surface area contributed by atoms with Gasteiger partial charge in [0, 0.05) is 44.8 Å². The zero-order valence-electron chi connectivity index (χ0n) is 13.4. The molecule has 124 valence electrons. The van der Waals surface area contributed by atoms with Crippen LogP contribution in [0.5, 0.6) is 0 Å². The molecule has 2 heterocycles. The maximum Gasteiger partial charge on any atom is 0.232 e. The first-order valence-electron chi connectivity index (χ1n) is 8.12. The summed E-state index contributed by atoms with van der Waals surface area (Å²) >= 11 is 0. The van der Waals surface area contributed by atoms with Gasteiger partial charge in [0.1, 0.15) is 0 Å². The minimum absolute atomic E-state index is 0.0264. The molecule has 1 aromatic rings. The molecule has 2 atom stereocenters.